The van der Waals surface area contributed by atoms with Gasteiger partial charge >= 0.3 is 5.97 Å². The number of carboxylic acids is 1. The van der Waals surface area contributed by atoms with E-state index in [-0.39, 0.29) is 0 Å². The smallest absolute Gasteiger partial charge is 0.309 e. The summed E-state index contributed by atoms with van der Waals surface area (Å²) >= 11 is 0. The van der Waals surface area contributed by atoms with Crippen LogP contribution in [0.5, 0.6) is 0 Å². The van der Waals surface area contributed by atoms with Gasteiger partial charge in [0, 0.05) is 18.4 Å². The second kappa shape index (κ2) is 7.22. The Labute approximate surface area is 131 Å². The fraction of sp³-hybridized carbons (Fsp3) is 0.812. The Balaban J connectivity index is 1.72. The van der Waals surface area contributed by atoms with Gasteiger partial charge in [-0.1, -0.05) is 12.1 Å². The first kappa shape index (κ1) is 16.9. The van der Waals surface area contributed by atoms with Gasteiger partial charge in [-0.05, 0) is 52.5 Å². The van der Waals surface area contributed by atoms with Gasteiger partial charge in [-0.2, -0.15) is 4.98 Å². The zero-order chi connectivity index (χ0) is 16.2. The number of nitrogens with one attached hydrogen (secondary N) is 1. The van der Waals surface area contributed by atoms with Crippen LogP contribution in [0.4, 0.5) is 0 Å². The van der Waals surface area contributed by atoms with Crippen LogP contribution in [0.1, 0.15) is 70.5 Å². The summed E-state index contributed by atoms with van der Waals surface area (Å²) in [6.45, 7) is 6.31. The molecule has 6 heteroatoms. The molecule has 1 heterocycles. The van der Waals surface area contributed by atoms with E-state index in [4.69, 9.17) is 9.63 Å². The molecule has 1 saturated carbocycles. The Hall–Kier alpha value is -1.43. The van der Waals surface area contributed by atoms with E-state index in [9.17, 15) is 4.79 Å². The molecule has 0 aliphatic heterocycles. The average Bonchev–Trinajstić information content (AvgIpc) is 2.96. The number of aromatic nitrogens is 2. The van der Waals surface area contributed by atoms with Crippen molar-refractivity contribution in [1.29, 1.82) is 0 Å². The second-order valence-electron chi connectivity index (χ2n) is 6.84. The van der Waals surface area contributed by atoms with E-state index in [1.807, 2.05) is 6.92 Å². The van der Waals surface area contributed by atoms with Crippen molar-refractivity contribution in [1.82, 2.24) is 15.5 Å². The summed E-state index contributed by atoms with van der Waals surface area (Å²) in [5, 5.41) is 16.6. The lowest BCUT2D eigenvalue weighted by atomic mass is 9.85. The zero-order valence-corrected chi connectivity index (χ0v) is 13.8. The molecule has 0 aromatic carbocycles. The van der Waals surface area contributed by atoms with Gasteiger partial charge in [0.1, 0.15) is 0 Å². The van der Waals surface area contributed by atoms with Crippen LogP contribution in [-0.4, -0.2) is 33.8 Å². The molecule has 2 N–H and O–H groups in total. The van der Waals surface area contributed by atoms with Crippen LogP contribution in [0.2, 0.25) is 0 Å². The molecule has 0 atom stereocenters. The third-order valence-electron chi connectivity index (χ3n) is 4.64. The normalized spacial score (nSPS) is 22.7. The average molecular weight is 309 g/mol. The summed E-state index contributed by atoms with van der Waals surface area (Å²) in [6.07, 6.45) is 5.69. The highest BCUT2D eigenvalue weighted by atomic mass is 16.5. The van der Waals surface area contributed by atoms with E-state index >= 15 is 0 Å². The van der Waals surface area contributed by atoms with Crippen molar-refractivity contribution in [3.8, 4) is 0 Å². The molecular formula is C16H27N3O3. The van der Waals surface area contributed by atoms with Crippen molar-refractivity contribution in [2.24, 2.45) is 5.41 Å². The third-order valence-corrected chi connectivity index (χ3v) is 4.64. The highest BCUT2D eigenvalue weighted by molar-refractivity contribution is 5.73. The Morgan fingerprint density at radius 2 is 2.05 bits per heavy atom. The van der Waals surface area contributed by atoms with E-state index in [2.05, 4.69) is 15.5 Å². The molecule has 0 bridgehead atoms. The highest BCUT2D eigenvalue weighted by Gasteiger charge is 2.28. The summed E-state index contributed by atoms with van der Waals surface area (Å²) in [5.74, 6) is 1.20. The second-order valence-corrected chi connectivity index (χ2v) is 6.84. The molecule has 0 spiro atoms. The molecule has 0 unspecified atom stereocenters. The van der Waals surface area contributed by atoms with Crippen molar-refractivity contribution < 1.29 is 14.4 Å². The predicted octanol–water partition coefficient (Wildman–Crippen LogP) is 2.75. The van der Waals surface area contributed by atoms with Gasteiger partial charge in [-0.15, -0.1) is 0 Å². The van der Waals surface area contributed by atoms with Gasteiger partial charge in [-0.25, -0.2) is 0 Å². The van der Waals surface area contributed by atoms with Crippen molar-refractivity contribution in [2.45, 2.75) is 71.3 Å². The first-order valence-corrected chi connectivity index (χ1v) is 8.21. The van der Waals surface area contributed by atoms with Crippen molar-refractivity contribution in [2.75, 3.05) is 6.54 Å². The van der Waals surface area contributed by atoms with E-state index in [0.717, 1.165) is 50.4 Å². The molecule has 1 aliphatic rings. The van der Waals surface area contributed by atoms with Crippen molar-refractivity contribution in [3.05, 3.63) is 11.7 Å². The van der Waals surface area contributed by atoms with Crippen LogP contribution in [0.25, 0.3) is 0 Å². The summed E-state index contributed by atoms with van der Waals surface area (Å²) in [6, 6.07) is 0.467. The minimum absolute atomic E-state index is 0.376. The molecule has 2 rings (SSSR count). The molecule has 0 amide bonds. The van der Waals surface area contributed by atoms with Crippen LogP contribution in [0, 0.1) is 5.41 Å². The molecule has 1 aromatic rings. The number of rotatable bonds is 7. The standard InChI is InChI=1S/C16H27N3O3/c1-4-13-18-14(22-19-13)11-5-7-12(8-6-11)17-10-9-16(2,3)15(20)21/h11-12,17H,4-10H2,1-3H3,(H,20,21). The molecule has 6 nitrogen and oxygen atoms in total. The molecule has 1 aliphatic carbocycles. The van der Waals surface area contributed by atoms with Crippen molar-refractivity contribution in [3.63, 3.8) is 0 Å². The van der Waals surface area contributed by atoms with E-state index < -0.39 is 11.4 Å². The quantitative estimate of drug-likeness (QED) is 0.805. The maximum absolute atomic E-state index is 11.1. The number of aliphatic carboxylic acids is 1. The van der Waals surface area contributed by atoms with Gasteiger partial charge in [-0.3, -0.25) is 4.79 Å². The van der Waals surface area contributed by atoms with E-state index in [0.29, 0.717) is 18.4 Å². The van der Waals surface area contributed by atoms with E-state index in [1.54, 1.807) is 13.8 Å². The maximum atomic E-state index is 11.1. The predicted molar refractivity (Wildman–Crippen MR) is 82.7 cm³/mol. The Kier molecular flexibility index (Phi) is 5.56. The fourth-order valence-corrected chi connectivity index (χ4v) is 2.82. The minimum atomic E-state index is -0.735. The van der Waals surface area contributed by atoms with Gasteiger partial charge in [0.2, 0.25) is 5.89 Å². The molecule has 1 fully saturated rings. The van der Waals surface area contributed by atoms with Crippen LogP contribution >= 0.6 is 0 Å². The monoisotopic (exact) mass is 309 g/mol. The largest absolute Gasteiger partial charge is 0.481 e. The summed E-state index contributed by atoms with van der Waals surface area (Å²) in [5.41, 5.74) is -0.662. The lowest BCUT2D eigenvalue weighted by Gasteiger charge is -2.28. The van der Waals surface area contributed by atoms with Crippen LogP contribution < -0.4 is 5.32 Å². The number of carbonyl (C=O) groups is 1. The van der Waals surface area contributed by atoms with Gasteiger partial charge in [0.25, 0.3) is 0 Å². The lowest BCUT2D eigenvalue weighted by molar-refractivity contribution is -0.147. The first-order valence-electron chi connectivity index (χ1n) is 8.21. The number of aryl methyl sites for hydroxylation is 1. The molecule has 0 saturated heterocycles. The molecule has 124 valence electrons. The zero-order valence-electron chi connectivity index (χ0n) is 13.8. The van der Waals surface area contributed by atoms with Gasteiger partial charge < -0.3 is 14.9 Å². The van der Waals surface area contributed by atoms with Gasteiger partial charge in [0.05, 0.1) is 5.41 Å². The molecular weight excluding hydrogens is 282 g/mol. The Morgan fingerprint density at radius 3 is 2.59 bits per heavy atom. The lowest BCUT2D eigenvalue weighted by Crippen LogP contribution is -2.36. The van der Waals surface area contributed by atoms with Crippen LogP contribution in [-0.2, 0) is 11.2 Å². The topological polar surface area (TPSA) is 88.2 Å². The number of hydrogen-bond acceptors (Lipinski definition) is 5. The van der Waals surface area contributed by atoms with Crippen molar-refractivity contribution >= 4 is 5.97 Å². The first-order chi connectivity index (χ1) is 10.4. The molecule has 0 radical (unpaired) electrons. The minimum Gasteiger partial charge on any atom is -0.481 e. The van der Waals surface area contributed by atoms with Crippen LogP contribution in [0.15, 0.2) is 4.52 Å². The maximum Gasteiger partial charge on any atom is 0.309 e. The summed E-state index contributed by atoms with van der Waals surface area (Å²) in [7, 11) is 0. The fourth-order valence-electron chi connectivity index (χ4n) is 2.82. The number of hydrogen-bond donors (Lipinski definition) is 2. The van der Waals surface area contributed by atoms with Gasteiger partial charge in [0.15, 0.2) is 5.82 Å². The summed E-state index contributed by atoms with van der Waals surface area (Å²) < 4.78 is 5.34. The SMILES string of the molecule is CCc1noc(C2CCC(NCCC(C)(C)C(=O)O)CC2)n1. The number of carboxylic acid groups (broad SMARTS) is 1. The third kappa shape index (κ3) is 4.29. The number of nitrogens with zero attached hydrogens (tertiary/aromatic N) is 2. The molecule has 22 heavy (non-hydrogen) atoms. The van der Waals surface area contributed by atoms with E-state index in [1.165, 1.54) is 0 Å². The molecule has 1 aromatic heterocycles. The Bertz CT molecular complexity index is 491. The highest BCUT2D eigenvalue weighted by Crippen LogP contribution is 2.32. The Morgan fingerprint density at radius 1 is 1.36 bits per heavy atom. The van der Waals surface area contributed by atoms with Crippen LogP contribution in [0.3, 0.4) is 0 Å². The summed E-state index contributed by atoms with van der Waals surface area (Å²) in [4.78, 5) is 15.5.